The number of methoxy groups -OCH3 is 1. The van der Waals surface area contributed by atoms with E-state index in [1.165, 1.54) is 16.7 Å². The molecule has 1 aliphatic carbocycles. The van der Waals surface area contributed by atoms with Gasteiger partial charge in [0.1, 0.15) is 11.9 Å². The van der Waals surface area contributed by atoms with Crippen LogP contribution >= 0.6 is 0 Å². The number of ketones is 1. The Balaban J connectivity index is 1.94. The van der Waals surface area contributed by atoms with E-state index in [0.717, 1.165) is 32.1 Å². The molecule has 2 rings (SSSR count). The fourth-order valence-corrected chi connectivity index (χ4v) is 4.36. The summed E-state index contributed by atoms with van der Waals surface area (Å²) in [5.41, 5.74) is 3.73. The van der Waals surface area contributed by atoms with Crippen LogP contribution in [0, 0.1) is 5.41 Å². The predicted molar refractivity (Wildman–Crippen MR) is 112 cm³/mol. The van der Waals surface area contributed by atoms with Gasteiger partial charge in [0.15, 0.2) is 0 Å². The number of Topliss-reactive ketones (excluding diaryl/α,β-unsaturated/α-hetero) is 1. The SMILES string of the molecule is COC1CC(=O)OC2CC(=O)CC12CC=C(C)CCC=C(C)CCC=C(C)C. The van der Waals surface area contributed by atoms with E-state index in [1.807, 2.05) is 0 Å². The first-order valence-electron chi connectivity index (χ1n) is 10.5. The van der Waals surface area contributed by atoms with Crippen molar-refractivity contribution in [3.63, 3.8) is 0 Å². The molecule has 1 saturated heterocycles. The molecule has 0 amide bonds. The largest absolute Gasteiger partial charge is 0.461 e. The van der Waals surface area contributed by atoms with Crippen molar-refractivity contribution >= 4 is 11.8 Å². The third kappa shape index (κ3) is 5.91. The molecule has 1 aliphatic heterocycles. The Morgan fingerprint density at radius 1 is 1.04 bits per heavy atom. The lowest BCUT2D eigenvalue weighted by Gasteiger charge is -2.43. The zero-order chi connectivity index (χ0) is 20.7. The monoisotopic (exact) mass is 388 g/mol. The molecule has 2 fully saturated rings. The first-order chi connectivity index (χ1) is 13.3. The van der Waals surface area contributed by atoms with Gasteiger partial charge in [0.05, 0.1) is 12.5 Å². The second-order valence-corrected chi connectivity index (χ2v) is 8.72. The van der Waals surface area contributed by atoms with Crippen LogP contribution in [0.3, 0.4) is 0 Å². The summed E-state index contributed by atoms with van der Waals surface area (Å²) in [5, 5.41) is 0. The van der Waals surface area contributed by atoms with Crippen molar-refractivity contribution in [3.8, 4) is 0 Å². The minimum atomic E-state index is -0.392. The molecule has 0 N–H and O–H groups in total. The quantitative estimate of drug-likeness (QED) is 0.388. The Labute approximate surface area is 170 Å². The third-order valence-corrected chi connectivity index (χ3v) is 6.09. The van der Waals surface area contributed by atoms with Gasteiger partial charge in [-0.3, -0.25) is 9.59 Å². The van der Waals surface area contributed by atoms with Crippen LogP contribution < -0.4 is 0 Å². The zero-order valence-corrected chi connectivity index (χ0v) is 18.2. The van der Waals surface area contributed by atoms with E-state index in [9.17, 15) is 9.59 Å². The fourth-order valence-electron chi connectivity index (χ4n) is 4.36. The van der Waals surface area contributed by atoms with Crippen molar-refractivity contribution in [1.82, 2.24) is 0 Å². The van der Waals surface area contributed by atoms with Crippen LogP contribution in [0.5, 0.6) is 0 Å². The molecule has 3 unspecified atom stereocenters. The number of hydrogen-bond acceptors (Lipinski definition) is 4. The van der Waals surface area contributed by atoms with Gasteiger partial charge < -0.3 is 9.47 Å². The molecule has 1 heterocycles. The maximum Gasteiger partial charge on any atom is 0.308 e. The summed E-state index contributed by atoms with van der Waals surface area (Å²) in [6, 6.07) is 0. The van der Waals surface area contributed by atoms with Crippen molar-refractivity contribution in [3.05, 3.63) is 34.9 Å². The van der Waals surface area contributed by atoms with Gasteiger partial charge in [0.2, 0.25) is 0 Å². The molecule has 0 aromatic rings. The summed E-state index contributed by atoms with van der Waals surface area (Å²) in [6.45, 7) is 8.61. The Kier molecular flexibility index (Phi) is 8.23. The number of carbonyl (C=O) groups is 2. The standard InChI is InChI=1S/C24H36O4/c1-17(2)8-6-9-18(3)10-7-11-19(4)12-13-24-16-20(25)14-22(24)28-23(26)15-21(24)27-5/h8,10,12,21-22H,6-7,9,11,13-16H2,1-5H3. The highest BCUT2D eigenvalue weighted by Crippen LogP contribution is 2.49. The molecular formula is C24H36O4. The molecule has 4 nitrogen and oxygen atoms in total. The lowest BCUT2D eigenvalue weighted by Crippen LogP contribution is -2.50. The molecule has 3 atom stereocenters. The topological polar surface area (TPSA) is 52.6 Å². The van der Waals surface area contributed by atoms with Gasteiger partial charge in [-0.25, -0.2) is 0 Å². The Bertz CT molecular complexity index is 666. The van der Waals surface area contributed by atoms with Gasteiger partial charge in [-0.15, -0.1) is 0 Å². The summed E-state index contributed by atoms with van der Waals surface area (Å²) < 4.78 is 11.2. The van der Waals surface area contributed by atoms with Crippen LogP contribution in [0.4, 0.5) is 0 Å². The minimum Gasteiger partial charge on any atom is -0.461 e. The Hall–Kier alpha value is -1.68. The van der Waals surface area contributed by atoms with E-state index in [1.54, 1.807) is 7.11 Å². The van der Waals surface area contributed by atoms with Crippen LogP contribution in [0.2, 0.25) is 0 Å². The van der Waals surface area contributed by atoms with Gasteiger partial charge in [-0.2, -0.15) is 0 Å². The van der Waals surface area contributed by atoms with Crippen LogP contribution in [-0.2, 0) is 19.1 Å². The van der Waals surface area contributed by atoms with Crippen LogP contribution in [0.1, 0.15) is 79.1 Å². The predicted octanol–water partition coefficient (Wildman–Crippen LogP) is 5.48. The molecule has 1 saturated carbocycles. The molecular weight excluding hydrogens is 352 g/mol. The van der Waals surface area contributed by atoms with Gasteiger partial charge in [-0.05, 0) is 59.8 Å². The number of hydrogen-bond donors (Lipinski definition) is 0. The van der Waals surface area contributed by atoms with Crippen LogP contribution in [-0.4, -0.2) is 31.1 Å². The summed E-state index contributed by atoms with van der Waals surface area (Å²) in [4.78, 5) is 24.0. The van der Waals surface area contributed by atoms with Crippen molar-refractivity contribution in [2.75, 3.05) is 7.11 Å². The molecule has 0 aromatic heterocycles. The molecule has 4 heteroatoms. The lowest BCUT2D eigenvalue weighted by molar-refractivity contribution is -0.183. The summed E-state index contributed by atoms with van der Waals surface area (Å²) in [7, 11) is 1.63. The smallest absolute Gasteiger partial charge is 0.308 e. The average molecular weight is 389 g/mol. The second-order valence-electron chi connectivity index (χ2n) is 8.72. The number of fused-ring (bicyclic) bond motifs is 1. The first kappa shape index (κ1) is 22.6. The highest BCUT2D eigenvalue weighted by molar-refractivity contribution is 5.84. The number of allylic oxidation sites excluding steroid dienone is 6. The summed E-state index contributed by atoms with van der Waals surface area (Å²) in [6.07, 6.45) is 12.2. The maximum absolute atomic E-state index is 12.1. The first-order valence-corrected chi connectivity index (χ1v) is 10.5. The van der Waals surface area contributed by atoms with Gasteiger partial charge >= 0.3 is 5.97 Å². The molecule has 0 aromatic carbocycles. The van der Waals surface area contributed by atoms with E-state index in [4.69, 9.17) is 9.47 Å². The molecule has 2 aliphatic rings. The third-order valence-electron chi connectivity index (χ3n) is 6.09. The van der Waals surface area contributed by atoms with Gasteiger partial charge in [0, 0.05) is 25.4 Å². The van der Waals surface area contributed by atoms with E-state index in [0.29, 0.717) is 12.8 Å². The number of ether oxygens (including phenoxy) is 2. The molecule has 156 valence electrons. The normalized spacial score (nSPS) is 28.2. The van der Waals surface area contributed by atoms with Crippen molar-refractivity contribution in [2.45, 2.75) is 91.3 Å². The lowest BCUT2D eigenvalue weighted by atomic mass is 9.72. The average Bonchev–Trinajstić information content (AvgIpc) is 2.94. The van der Waals surface area contributed by atoms with Crippen molar-refractivity contribution in [2.24, 2.45) is 5.41 Å². The van der Waals surface area contributed by atoms with E-state index in [2.05, 4.69) is 45.9 Å². The van der Waals surface area contributed by atoms with Crippen molar-refractivity contribution < 1.29 is 19.1 Å². The number of carbonyl (C=O) groups excluding carboxylic acids is 2. The highest BCUT2D eigenvalue weighted by atomic mass is 16.6. The molecule has 0 radical (unpaired) electrons. The summed E-state index contributed by atoms with van der Waals surface area (Å²) in [5.74, 6) is -0.0840. The van der Waals surface area contributed by atoms with Crippen molar-refractivity contribution in [1.29, 1.82) is 0 Å². The van der Waals surface area contributed by atoms with E-state index in [-0.39, 0.29) is 30.4 Å². The van der Waals surface area contributed by atoms with E-state index >= 15 is 0 Å². The molecule has 28 heavy (non-hydrogen) atoms. The fraction of sp³-hybridized carbons (Fsp3) is 0.667. The van der Waals surface area contributed by atoms with Gasteiger partial charge in [-0.1, -0.05) is 34.9 Å². The van der Waals surface area contributed by atoms with E-state index < -0.39 is 5.41 Å². The molecule has 0 bridgehead atoms. The highest BCUT2D eigenvalue weighted by Gasteiger charge is 2.57. The Morgan fingerprint density at radius 3 is 2.32 bits per heavy atom. The molecule has 0 spiro atoms. The van der Waals surface area contributed by atoms with Crippen LogP contribution in [0.25, 0.3) is 0 Å². The maximum atomic E-state index is 12.1. The Morgan fingerprint density at radius 2 is 1.68 bits per heavy atom. The van der Waals surface area contributed by atoms with Crippen LogP contribution in [0.15, 0.2) is 34.9 Å². The van der Waals surface area contributed by atoms with Gasteiger partial charge in [0.25, 0.3) is 0 Å². The summed E-state index contributed by atoms with van der Waals surface area (Å²) >= 11 is 0. The number of rotatable bonds is 9. The second kappa shape index (κ2) is 10.2. The zero-order valence-electron chi connectivity index (χ0n) is 18.2. The minimum absolute atomic E-state index is 0.169. The number of esters is 1.